The molecular weight excluding hydrogens is 216 g/mol. The molecule has 4 heteroatoms. The minimum atomic E-state index is -0.450. The highest BCUT2D eigenvalue weighted by molar-refractivity contribution is 5.21. The van der Waals surface area contributed by atoms with E-state index < -0.39 is 6.10 Å². The predicted molar refractivity (Wildman–Crippen MR) is 66.3 cm³/mol. The van der Waals surface area contributed by atoms with Gasteiger partial charge in [-0.1, -0.05) is 19.3 Å². The molecular formula is C13H22N2O2. The second kappa shape index (κ2) is 5.54. The van der Waals surface area contributed by atoms with Gasteiger partial charge in [-0.2, -0.15) is 0 Å². The SMILES string of the molecule is Cc1cn(C2CCCCC2)nc1OC[C@@H](C)O. The van der Waals surface area contributed by atoms with E-state index in [0.29, 0.717) is 18.5 Å². The van der Waals surface area contributed by atoms with Crippen molar-refractivity contribution in [1.82, 2.24) is 9.78 Å². The summed E-state index contributed by atoms with van der Waals surface area (Å²) in [6, 6.07) is 0.534. The Labute approximate surface area is 103 Å². The van der Waals surface area contributed by atoms with Crippen molar-refractivity contribution in [3.05, 3.63) is 11.8 Å². The van der Waals surface area contributed by atoms with E-state index in [4.69, 9.17) is 4.74 Å². The van der Waals surface area contributed by atoms with Crippen molar-refractivity contribution in [3.8, 4) is 5.88 Å². The van der Waals surface area contributed by atoms with Crippen LogP contribution in [0.25, 0.3) is 0 Å². The Kier molecular flexibility index (Phi) is 4.05. The Morgan fingerprint density at radius 3 is 2.82 bits per heavy atom. The average Bonchev–Trinajstić information content (AvgIpc) is 2.69. The monoisotopic (exact) mass is 238 g/mol. The van der Waals surface area contributed by atoms with Crippen molar-refractivity contribution >= 4 is 0 Å². The lowest BCUT2D eigenvalue weighted by molar-refractivity contribution is 0.118. The summed E-state index contributed by atoms with van der Waals surface area (Å²) in [4.78, 5) is 0. The molecule has 1 heterocycles. The number of aryl methyl sites for hydroxylation is 1. The number of rotatable bonds is 4. The second-order valence-corrected chi connectivity index (χ2v) is 5.05. The van der Waals surface area contributed by atoms with Crippen LogP contribution >= 0.6 is 0 Å². The van der Waals surface area contributed by atoms with E-state index in [0.717, 1.165) is 5.56 Å². The number of aliphatic hydroxyl groups is 1. The van der Waals surface area contributed by atoms with Gasteiger partial charge in [-0.05, 0) is 26.7 Å². The van der Waals surface area contributed by atoms with Crippen LogP contribution in [0.15, 0.2) is 6.20 Å². The van der Waals surface area contributed by atoms with Gasteiger partial charge in [0.15, 0.2) is 0 Å². The molecule has 0 aromatic carbocycles. The zero-order valence-corrected chi connectivity index (χ0v) is 10.7. The maximum absolute atomic E-state index is 9.20. The molecule has 4 nitrogen and oxygen atoms in total. The van der Waals surface area contributed by atoms with Gasteiger partial charge in [-0.3, -0.25) is 4.68 Å². The number of hydrogen-bond donors (Lipinski definition) is 1. The largest absolute Gasteiger partial charge is 0.474 e. The van der Waals surface area contributed by atoms with Crippen LogP contribution in [0.1, 0.15) is 50.6 Å². The molecule has 0 saturated heterocycles. The molecule has 0 bridgehead atoms. The molecule has 0 radical (unpaired) electrons. The van der Waals surface area contributed by atoms with Gasteiger partial charge in [0, 0.05) is 11.8 Å². The van der Waals surface area contributed by atoms with Gasteiger partial charge in [-0.25, -0.2) is 0 Å². The van der Waals surface area contributed by atoms with Gasteiger partial charge in [0.2, 0.25) is 5.88 Å². The maximum atomic E-state index is 9.20. The minimum Gasteiger partial charge on any atom is -0.474 e. The quantitative estimate of drug-likeness (QED) is 0.876. The van der Waals surface area contributed by atoms with Crippen molar-refractivity contribution in [3.63, 3.8) is 0 Å². The third kappa shape index (κ3) is 3.22. The summed E-state index contributed by atoms with van der Waals surface area (Å²) in [6.45, 7) is 4.03. The summed E-state index contributed by atoms with van der Waals surface area (Å²) in [6.07, 6.45) is 8.00. The molecule has 0 amide bonds. The number of aliphatic hydroxyl groups excluding tert-OH is 1. The Morgan fingerprint density at radius 1 is 1.47 bits per heavy atom. The van der Waals surface area contributed by atoms with E-state index in [1.807, 2.05) is 11.6 Å². The summed E-state index contributed by atoms with van der Waals surface area (Å²) >= 11 is 0. The fourth-order valence-corrected chi connectivity index (χ4v) is 2.34. The summed E-state index contributed by atoms with van der Waals surface area (Å²) in [5.41, 5.74) is 1.05. The topological polar surface area (TPSA) is 47.3 Å². The van der Waals surface area contributed by atoms with E-state index >= 15 is 0 Å². The highest BCUT2D eigenvalue weighted by Crippen LogP contribution is 2.29. The summed E-state index contributed by atoms with van der Waals surface area (Å²) in [5.74, 6) is 0.663. The maximum Gasteiger partial charge on any atom is 0.235 e. The van der Waals surface area contributed by atoms with Crippen molar-refractivity contribution in [2.75, 3.05) is 6.61 Å². The fraction of sp³-hybridized carbons (Fsp3) is 0.769. The van der Waals surface area contributed by atoms with Crippen molar-refractivity contribution in [1.29, 1.82) is 0 Å². The first-order valence-corrected chi connectivity index (χ1v) is 6.53. The lowest BCUT2D eigenvalue weighted by Crippen LogP contribution is -2.15. The Balaban J connectivity index is 2.01. The van der Waals surface area contributed by atoms with Crippen LogP contribution < -0.4 is 4.74 Å². The zero-order chi connectivity index (χ0) is 12.3. The molecule has 1 fully saturated rings. The second-order valence-electron chi connectivity index (χ2n) is 5.05. The van der Waals surface area contributed by atoms with Crippen molar-refractivity contribution in [2.24, 2.45) is 0 Å². The van der Waals surface area contributed by atoms with E-state index in [9.17, 15) is 5.11 Å². The zero-order valence-electron chi connectivity index (χ0n) is 10.7. The molecule has 0 spiro atoms. The Bertz CT molecular complexity index is 354. The summed E-state index contributed by atoms with van der Waals surface area (Å²) in [5, 5.41) is 13.7. The van der Waals surface area contributed by atoms with Crippen LogP contribution in [0.3, 0.4) is 0 Å². The summed E-state index contributed by atoms with van der Waals surface area (Å²) in [7, 11) is 0. The van der Waals surface area contributed by atoms with Crippen LogP contribution in [-0.2, 0) is 0 Å². The molecule has 0 aliphatic heterocycles. The van der Waals surface area contributed by atoms with E-state index in [1.165, 1.54) is 32.1 Å². The lowest BCUT2D eigenvalue weighted by Gasteiger charge is -2.21. The molecule has 1 N–H and O–H groups in total. The highest BCUT2D eigenvalue weighted by Gasteiger charge is 2.18. The standard InChI is InChI=1S/C13H22N2O2/c1-10-8-15(12-6-4-3-5-7-12)14-13(10)17-9-11(2)16/h8,11-12,16H,3-7,9H2,1-2H3/t11-/m1/s1. The van der Waals surface area contributed by atoms with Gasteiger partial charge in [-0.15, -0.1) is 5.10 Å². The first-order valence-electron chi connectivity index (χ1n) is 6.53. The molecule has 1 aromatic heterocycles. The number of hydrogen-bond acceptors (Lipinski definition) is 3. The molecule has 1 aromatic rings. The van der Waals surface area contributed by atoms with Gasteiger partial charge < -0.3 is 9.84 Å². The number of aromatic nitrogens is 2. The van der Waals surface area contributed by atoms with Crippen LogP contribution in [0.2, 0.25) is 0 Å². The normalized spacial score (nSPS) is 19.2. The first-order chi connectivity index (χ1) is 8.16. The van der Waals surface area contributed by atoms with Crippen LogP contribution in [0.4, 0.5) is 0 Å². The molecule has 0 unspecified atom stereocenters. The van der Waals surface area contributed by atoms with Crippen molar-refractivity contribution < 1.29 is 9.84 Å². The highest BCUT2D eigenvalue weighted by atomic mass is 16.5. The Morgan fingerprint density at radius 2 is 2.18 bits per heavy atom. The lowest BCUT2D eigenvalue weighted by atomic mass is 9.96. The fourth-order valence-electron chi connectivity index (χ4n) is 2.34. The predicted octanol–water partition coefficient (Wildman–Crippen LogP) is 2.46. The van der Waals surface area contributed by atoms with E-state index in [-0.39, 0.29) is 0 Å². The summed E-state index contributed by atoms with van der Waals surface area (Å²) < 4.78 is 7.54. The number of nitrogens with zero attached hydrogens (tertiary/aromatic N) is 2. The molecule has 1 aliphatic rings. The third-order valence-corrected chi connectivity index (χ3v) is 3.28. The van der Waals surface area contributed by atoms with E-state index in [2.05, 4.69) is 11.3 Å². The molecule has 17 heavy (non-hydrogen) atoms. The van der Waals surface area contributed by atoms with Gasteiger partial charge >= 0.3 is 0 Å². The Hall–Kier alpha value is -1.03. The van der Waals surface area contributed by atoms with Gasteiger partial charge in [0.05, 0.1) is 12.1 Å². The van der Waals surface area contributed by atoms with Gasteiger partial charge in [0.25, 0.3) is 0 Å². The van der Waals surface area contributed by atoms with Crippen LogP contribution in [0.5, 0.6) is 5.88 Å². The first kappa shape index (κ1) is 12.4. The van der Waals surface area contributed by atoms with Crippen molar-refractivity contribution in [2.45, 2.75) is 58.1 Å². The molecule has 2 rings (SSSR count). The van der Waals surface area contributed by atoms with Crippen LogP contribution in [-0.4, -0.2) is 27.6 Å². The smallest absolute Gasteiger partial charge is 0.235 e. The molecule has 1 saturated carbocycles. The molecule has 1 atom stereocenters. The third-order valence-electron chi connectivity index (χ3n) is 3.28. The average molecular weight is 238 g/mol. The minimum absolute atomic E-state index is 0.308. The molecule has 96 valence electrons. The van der Waals surface area contributed by atoms with Gasteiger partial charge in [0.1, 0.15) is 6.61 Å². The number of ether oxygens (including phenoxy) is 1. The van der Waals surface area contributed by atoms with E-state index in [1.54, 1.807) is 6.92 Å². The molecule has 1 aliphatic carbocycles. The van der Waals surface area contributed by atoms with Crippen LogP contribution in [0, 0.1) is 6.92 Å².